The standard InChI is InChI=1S/C21H27BrN2O4S/c1-14(2)23-12-16-13-27-21(28-16)18-10-11-24(19(18)8-9-20(21)22)29(25,26)17-6-4-15(3)5-7-17/h4-7,10-11,14,16,20,23H,8-9,12-13H2,1-3H3. The van der Waals surface area contributed by atoms with Crippen LogP contribution in [0.1, 0.15) is 37.1 Å². The molecule has 1 aromatic heterocycles. The molecule has 2 heterocycles. The van der Waals surface area contributed by atoms with Crippen LogP contribution in [0.2, 0.25) is 0 Å². The maximum Gasteiger partial charge on any atom is 0.267 e. The highest BCUT2D eigenvalue weighted by molar-refractivity contribution is 9.09. The van der Waals surface area contributed by atoms with Crippen molar-refractivity contribution in [1.82, 2.24) is 9.29 Å². The number of alkyl halides is 1. The van der Waals surface area contributed by atoms with Crippen LogP contribution in [-0.2, 0) is 31.7 Å². The second-order valence-electron chi connectivity index (χ2n) is 8.08. The van der Waals surface area contributed by atoms with Crippen molar-refractivity contribution in [2.24, 2.45) is 0 Å². The maximum atomic E-state index is 13.3. The minimum absolute atomic E-state index is 0.0375. The summed E-state index contributed by atoms with van der Waals surface area (Å²) in [6.45, 7) is 7.28. The van der Waals surface area contributed by atoms with E-state index in [0.29, 0.717) is 25.6 Å². The van der Waals surface area contributed by atoms with Gasteiger partial charge in [-0.25, -0.2) is 12.4 Å². The van der Waals surface area contributed by atoms with Crippen LogP contribution >= 0.6 is 15.9 Å². The Hall–Kier alpha value is -1.19. The molecule has 1 aliphatic carbocycles. The highest BCUT2D eigenvalue weighted by atomic mass is 79.9. The van der Waals surface area contributed by atoms with Gasteiger partial charge in [0, 0.05) is 30.0 Å². The molecule has 1 aromatic carbocycles. The normalized spacial score (nSPS) is 26.9. The maximum absolute atomic E-state index is 13.3. The third kappa shape index (κ3) is 3.70. The molecule has 6 nitrogen and oxygen atoms in total. The lowest BCUT2D eigenvalue weighted by atomic mass is 9.91. The van der Waals surface area contributed by atoms with Gasteiger partial charge in [0.05, 0.1) is 22.4 Å². The molecule has 0 radical (unpaired) electrons. The SMILES string of the molecule is Cc1ccc(S(=O)(=O)n2ccc3c2CCC(Br)C32OCC(CNC(C)C)O2)cc1. The quantitative estimate of drug-likeness (QED) is 0.661. The van der Waals surface area contributed by atoms with Crippen LogP contribution in [0.4, 0.5) is 0 Å². The predicted octanol–water partition coefficient (Wildman–Crippen LogP) is 3.31. The van der Waals surface area contributed by atoms with Gasteiger partial charge in [0.2, 0.25) is 5.79 Å². The van der Waals surface area contributed by atoms with Crippen molar-refractivity contribution < 1.29 is 17.9 Å². The smallest absolute Gasteiger partial charge is 0.267 e. The van der Waals surface area contributed by atoms with Crippen molar-refractivity contribution in [3.05, 3.63) is 53.3 Å². The highest BCUT2D eigenvalue weighted by Gasteiger charge is 2.52. The fraction of sp³-hybridized carbons (Fsp3) is 0.524. The lowest BCUT2D eigenvalue weighted by Gasteiger charge is -2.37. The van der Waals surface area contributed by atoms with Crippen LogP contribution < -0.4 is 5.32 Å². The number of nitrogens with one attached hydrogen (secondary N) is 1. The molecule has 4 rings (SSSR count). The van der Waals surface area contributed by atoms with Gasteiger partial charge >= 0.3 is 0 Å². The summed E-state index contributed by atoms with van der Waals surface area (Å²) in [5.74, 6) is -0.953. The molecule has 1 aliphatic heterocycles. The molecule has 0 saturated carbocycles. The Labute approximate surface area is 180 Å². The summed E-state index contributed by atoms with van der Waals surface area (Å²) >= 11 is 3.73. The fourth-order valence-corrected chi connectivity index (χ4v) is 6.11. The molecule has 158 valence electrons. The Morgan fingerprint density at radius 3 is 2.69 bits per heavy atom. The third-order valence-corrected chi connectivity index (χ3v) is 8.32. The number of halogens is 1. The first-order valence-corrected chi connectivity index (χ1v) is 12.3. The largest absolute Gasteiger partial charge is 0.342 e. The Balaban J connectivity index is 1.68. The minimum Gasteiger partial charge on any atom is -0.342 e. The second kappa shape index (κ2) is 7.81. The van der Waals surface area contributed by atoms with Crippen molar-refractivity contribution >= 4 is 26.0 Å². The number of nitrogens with zero attached hydrogens (tertiary/aromatic N) is 1. The number of benzene rings is 1. The summed E-state index contributed by atoms with van der Waals surface area (Å²) in [6.07, 6.45) is 2.90. The van der Waals surface area contributed by atoms with Crippen molar-refractivity contribution in [3.8, 4) is 0 Å². The molecule has 1 N–H and O–H groups in total. The molecule has 1 fully saturated rings. The molecule has 2 aliphatic rings. The van der Waals surface area contributed by atoms with Gasteiger partial charge in [0.15, 0.2) is 0 Å². The number of rotatable bonds is 5. The van der Waals surface area contributed by atoms with Crippen molar-refractivity contribution in [1.29, 1.82) is 0 Å². The summed E-state index contributed by atoms with van der Waals surface area (Å²) in [4.78, 5) is 0.244. The molecule has 8 heteroatoms. The molecular formula is C21H27BrN2O4S. The van der Waals surface area contributed by atoms with Gasteiger partial charge in [-0.15, -0.1) is 0 Å². The lowest BCUT2D eigenvalue weighted by Crippen LogP contribution is -2.43. The molecule has 0 amide bonds. The van der Waals surface area contributed by atoms with Gasteiger partial charge in [-0.2, -0.15) is 0 Å². The topological polar surface area (TPSA) is 69.6 Å². The van der Waals surface area contributed by atoms with Crippen molar-refractivity contribution in [2.75, 3.05) is 13.2 Å². The zero-order valence-electron chi connectivity index (χ0n) is 16.9. The van der Waals surface area contributed by atoms with Gasteiger partial charge in [-0.1, -0.05) is 47.5 Å². The molecule has 0 bridgehead atoms. The average Bonchev–Trinajstić information content (AvgIpc) is 3.30. The first-order chi connectivity index (χ1) is 13.7. The van der Waals surface area contributed by atoms with E-state index < -0.39 is 15.8 Å². The predicted molar refractivity (Wildman–Crippen MR) is 115 cm³/mol. The molecule has 1 saturated heterocycles. The van der Waals surface area contributed by atoms with E-state index in [1.807, 2.05) is 25.1 Å². The molecular weight excluding hydrogens is 456 g/mol. The van der Waals surface area contributed by atoms with E-state index in [9.17, 15) is 8.42 Å². The Morgan fingerprint density at radius 1 is 1.28 bits per heavy atom. The monoisotopic (exact) mass is 482 g/mol. The Bertz CT molecular complexity index is 987. The second-order valence-corrected chi connectivity index (χ2v) is 11.0. The number of fused-ring (bicyclic) bond motifs is 2. The molecule has 2 aromatic rings. The summed E-state index contributed by atoms with van der Waals surface area (Å²) in [7, 11) is -3.67. The van der Waals surface area contributed by atoms with E-state index in [2.05, 4.69) is 35.1 Å². The number of aryl methyl sites for hydroxylation is 1. The third-order valence-electron chi connectivity index (χ3n) is 5.53. The van der Waals surface area contributed by atoms with Gasteiger partial charge in [0.1, 0.15) is 0 Å². The van der Waals surface area contributed by atoms with E-state index in [1.54, 1.807) is 18.3 Å². The molecule has 1 spiro atoms. The van der Waals surface area contributed by atoms with Crippen LogP contribution in [0.3, 0.4) is 0 Å². The molecule has 3 unspecified atom stereocenters. The van der Waals surface area contributed by atoms with Crippen LogP contribution in [0.25, 0.3) is 0 Å². The first-order valence-electron chi connectivity index (χ1n) is 9.96. The summed E-state index contributed by atoms with van der Waals surface area (Å²) < 4.78 is 40.5. The van der Waals surface area contributed by atoms with Crippen molar-refractivity contribution in [2.45, 2.75) is 61.3 Å². The van der Waals surface area contributed by atoms with E-state index in [0.717, 1.165) is 23.2 Å². The number of hydrogen-bond donors (Lipinski definition) is 1. The summed E-state index contributed by atoms with van der Waals surface area (Å²) in [5, 5.41) is 3.38. The lowest BCUT2D eigenvalue weighted by molar-refractivity contribution is -0.179. The van der Waals surface area contributed by atoms with E-state index in [1.165, 1.54) is 3.97 Å². The zero-order valence-corrected chi connectivity index (χ0v) is 19.3. The van der Waals surface area contributed by atoms with Crippen LogP contribution in [-0.4, -0.2) is 42.5 Å². The zero-order chi connectivity index (χ0) is 20.8. The number of hydrogen-bond acceptors (Lipinski definition) is 5. The molecule has 29 heavy (non-hydrogen) atoms. The van der Waals surface area contributed by atoms with Crippen LogP contribution in [0.5, 0.6) is 0 Å². The van der Waals surface area contributed by atoms with Crippen LogP contribution in [0, 0.1) is 6.92 Å². The summed E-state index contributed by atoms with van der Waals surface area (Å²) in [6, 6.07) is 9.12. The highest BCUT2D eigenvalue weighted by Crippen LogP contribution is 2.47. The first kappa shape index (κ1) is 21.1. The van der Waals surface area contributed by atoms with Gasteiger partial charge in [-0.3, -0.25) is 0 Å². The fourth-order valence-electron chi connectivity index (χ4n) is 3.99. The Morgan fingerprint density at radius 2 is 2.00 bits per heavy atom. The Kier molecular flexibility index (Phi) is 5.67. The number of ether oxygens (including phenoxy) is 2. The average molecular weight is 483 g/mol. The van der Waals surface area contributed by atoms with E-state index in [4.69, 9.17) is 9.47 Å². The number of aromatic nitrogens is 1. The van der Waals surface area contributed by atoms with Gasteiger partial charge in [-0.05, 0) is 38.0 Å². The molecule has 3 atom stereocenters. The van der Waals surface area contributed by atoms with Gasteiger partial charge < -0.3 is 14.8 Å². The van der Waals surface area contributed by atoms with Crippen LogP contribution in [0.15, 0.2) is 41.4 Å². The van der Waals surface area contributed by atoms with Gasteiger partial charge in [0.25, 0.3) is 10.0 Å². The van der Waals surface area contributed by atoms with Crippen molar-refractivity contribution in [3.63, 3.8) is 0 Å². The summed E-state index contributed by atoms with van der Waals surface area (Å²) in [5.41, 5.74) is 2.56. The van der Waals surface area contributed by atoms with E-state index in [-0.39, 0.29) is 15.8 Å². The minimum atomic E-state index is -3.67. The van der Waals surface area contributed by atoms with E-state index >= 15 is 0 Å².